The summed E-state index contributed by atoms with van der Waals surface area (Å²) < 4.78 is 3.02. The zero-order chi connectivity index (χ0) is 14.0. The maximum atomic E-state index is 4.41. The molecule has 0 saturated carbocycles. The van der Waals surface area contributed by atoms with Gasteiger partial charge in [0.2, 0.25) is 0 Å². The third kappa shape index (κ3) is 3.25. The number of rotatable bonds is 4. The average molecular weight is 322 g/mol. The standard InChI is InChI=1S/C15H20BrN3/c1-10-6-5-7-13(8-10)11(2)17-9-14-15(16)12(3)18-19(14)4/h5-8,11,17H,9H2,1-4H3/t11-/m0/s1. The van der Waals surface area contributed by atoms with Crippen LogP contribution in [0.3, 0.4) is 0 Å². The number of halogens is 1. The molecule has 1 atom stereocenters. The Labute approximate surface area is 123 Å². The van der Waals surface area contributed by atoms with Crippen molar-refractivity contribution in [3.05, 3.63) is 51.3 Å². The molecule has 4 heteroatoms. The Hall–Kier alpha value is -1.13. The van der Waals surface area contributed by atoms with E-state index in [4.69, 9.17) is 0 Å². The number of aryl methyl sites for hydroxylation is 3. The van der Waals surface area contributed by atoms with E-state index in [1.807, 2.05) is 18.7 Å². The first-order valence-electron chi connectivity index (χ1n) is 6.47. The minimum absolute atomic E-state index is 0.321. The molecule has 1 aromatic heterocycles. The highest BCUT2D eigenvalue weighted by Crippen LogP contribution is 2.21. The molecular weight excluding hydrogens is 302 g/mol. The number of benzene rings is 1. The smallest absolute Gasteiger partial charge is 0.0739 e. The van der Waals surface area contributed by atoms with Gasteiger partial charge in [-0.1, -0.05) is 29.8 Å². The van der Waals surface area contributed by atoms with Gasteiger partial charge in [0.1, 0.15) is 0 Å². The van der Waals surface area contributed by atoms with E-state index in [1.54, 1.807) is 0 Å². The lowest BCUT2D eigenvalue weighted by molar-refractivity contribution is 0.546. The van der Waals surface area contributed by atoms with Crippen molar-refractivity contribution in [2.24, 2.45) is 7.05 Å². The maximum absolute atomic E-state index is 4.41. The molecule has 1 aromatic carbocycles. The normalized spacial score (nSPS) is 12.7. The van der Waals surface area contributed by atoms with Crippen LogP contribution in [0.5, 0.6) is 0 Å². The molecule has 3 nitrogen and oxygen atoms in total. The predicted octanol–water partition coefficient (Wildman–Crippen LogP) is 3.65. The molecule has 0 spiro atoms. The monoisotopic (exact) mass is 321 g/mol. The molecule has 0 aliphatic rings. The number of hydrogen-bond acceptors (Lipinski definition) is 2. The van der Waals surface area contributed by atoms with E-state index in [0.717, 1.165) is 16.7 Å². The van der Waals surface area contributed by atoms with Crippen LogP contribution in [0, 0.1) is 13.8 Å². The molecule has 1 N–H and O–H groups in total. The number of nitrogens with zero attached hydrogens (tertiary/aromatic N) is 2. The summed E-state index contributed by atoms with van der Waals surface area (Å²) in [5.41, 5.74) is 4.82. The molecule has 0 fully saturated rings. The van der Waals surface area contributed by atoms with Gasteiger partial charge in [-0.2, -0.15) is 5.10 Å². The Morgan fingerprint density at radius 1 is 1.37 bits per heavy atom. The molecule has 0 radical (unpaired) electrons. The Morgan fingerprint density at radius 2 is 2.11 bits per heavy atom. The molecule has 102 valence electrons. The molecule has 0 unspecified atom stereocenters. The van der Waals surface area contributed by atoms with E-state index in [-0.39, 0.29) is 0 Å². The van der Waals surface area contributed by atoms with E-state index >= 15 is 0 Å². The van der Waals surface area contributed by atoms with E-state index in [1.165, 1.54) is 16.8 Å². The molecule has 0 aliphatic carbocycles. The fraction of sp³-hybridized carbons (Fsp3) is 0.400. The van der Waals surface area contributed by atoms with Crippen LogP contribution in [0.15, 0.2) is 28.7 Å². The lowest BCUT2D eigenvalue weighted by atomic mass is 10.1. The largest absolute Gasteiger partial charge is 0.305 e. The minimum Gasteiger partial charge on any atom is -0.305 e. The minimum atomic E-state index is 0.321. The fourth-order valence-corrected chi connectivity index (χ4v) is 2.66. The van der Waals surface area contributed by atoms with Gasteiger partial charge in [0.25, 0.3) is 0 Å². The highest BCUT2D eigenvalue weighted by molar-refractivity contribution is 9.10. The van der Waals surface area contributed by atoms with Gasteiger partial charge in [0.15, 0.2) is 0 Å². The lowest BCUT2D eigenvalue weighted by Crippen LogP contribution is -2.20. The van der Waals surface area contributed by atoms with Gasteiger partial charge in [0.05, 0.1) is 15.9 Å². The van der Waals surface area contributed by atoms with Gasteiger partial charge in [-0.15, -0.1) is 0 Å². The molecule has 2 aromatic rings. The zero-order valence-electron chi connectivity index (χ0n) is 11.9. The van der Waals surface area contributed by atoms with Crippen LogP contribution < -0.4 is 5.32 Å². The summed E-state index contributed by atoms with van der Waals surface area (Å²) >= 11 is 3.60. The first kappa shape index (κ1) is 14.3. The van der Waals surface area contributed by atoms with Crippen molar-refractivity contribution in [1.82, 2.24) is 15.1 Å². The van der Waals surface area contributed by atoms with Crippen LogP contribution in [0.2, 0.25) is 0 Å². The SMILES string of the molecule is Cc1cccc([C@H](C)NCc2c(Br)c(C)nn2C)c1. The Balaban J connectivity index is 2.06. The fourth-order valence-electron chi connectivity index (χ4n) is 2.18. The van der Waals surface area contributed by atoms with Crippen molar-refractivity contribution >= 4 is 15.9 Å². The molecule has 2 rings (SSSR count). The van der Waals surface area contributed by atoms with Crippen LogP contribution >= 0.6 is 15.9 Å². The molecule has 19 heavy (non-hydrogen) atoms. The average Bonchev–Trinajstić information content (AvgIpc) is 2.61. The van der Waals surface area contributed by atoms with Crippen molar-refractivity contribution in [3.8, 4) is 0 Å². The van der Waals surface area contributed by atoms with E-state index in [9.17, 15) is 0 Å². The summed E-state index contributed by atoms with van der Waals surface area (Å²) in [5, 5.41) is 7.95. The zero-order valence-corrected chi connectivity index (χ0v) is 13.5. The third-order valence-electron chi connectivity index (χ3n) is 3.38. The quantitative estimate of drug-likeness (QED) is 0.931. The van der Waals surface area contributed by atoms with E-state index in [0.29, 0.717) is 6.04 Å². The van der Waals surface area contributed by atoms with Crippen LogP contribution in [-0.4, -0.2) is 9.78 Å². The Morgan fingerprint density at radius 3 is 2.68 bits per heavy atom. The summed E-state index contributed by atoms with van der Waals surface area (Å²) in [6.07, 6.45) is 0. The predicted molar refractivity (Wildman–Crippen MR) is 82.1 cm³/mol. The lowest BCUT2D eigenvalue weighted by Gasteiger charge is -2.15. The third-order valence-corrected chi connectivity index (χ3v) is 4.41. The summed E-state index contributed by atoms with van der Waals surface area (Å²) in [6.45, 7) is 7.12. The van der Waals surface area contributed by atoms with Crippen LogP contribution in [0.1, 0.15) is 35.5 Å². The van der Waals surface area contributed by atoms with Crippen LogP contribution in [0.4, 0.5) is 0 Å². The van der Waals surface area contributed by atoms with Gasteiger partial charge in [0, 0.05) is 19.6 Å². The second-order valence-corrected chi connectivity index (χ2v) is 5.78. The van der Waals surface area contributed by atoms with Crippen molar-refractivity contribution in [1.29, 1.82) is 0 Å². The summed E-state index contributed by atoms with van der Waals surface area (Å²) in [5.74, 6) is 0. The first-order valence-corrected chi connectivity index (χ1v) is 7.26. The number of hydrogen-bond donors (Lipinski definition) is 1. The summed E-state index contributed by atoms with van der Waals surface area (Å²) in [7, 11) is 1.98. The molecular formula is C15H20BrN3. The molecule has 1 heterocycles. The summed E-state index contributed by atoms with van der Waals surface area (Å²) in [6, 6.07) is 8.93. The van der Waals surface area contributed by atoms with Crippen molar-refractivity contribution in [2.75, 3.05) is 0 Å². The maximum Gasteiger partial charge on any atom is 0.0739 e. The van der Waals surface area contributed by atoms with Crippen LogP contribution in [0.25, 0.3) is 0 Å². The van der Waals surface area contributed by atoms with E-state index < -0.39 is 0 Å². The van der Waals surface area contributed by atoms with Gasteiger partial charge in [-0.25, -0.2) is 0 Å². The van der Waals surface area contributed by atoms with Gasteiger partial charge in [-0.05, 0) is 42.3 Å². The van der Waals surface area contributed by atoms with Crippen molar-refractivity contribution in [2.45, 2.75) is 33.4 Å². The van der Waals surface area contributed by atoms with Gasteiger partial charge < -0.3 is 5.32 Å². The highest BCUT2D eigenvalue weighted by Gasteiger charge is 2.12. The number of nitrogens with one attached hydrogen (secondary N) is 1. The number of aromatic nitrogens is 2. The molecule has 0 aliphatic heterocycles. The second-order valence-electron chi connectivity index (χ2n) is 4.99. The Kier molecular flexibility index (Phi) is 4.42. The van der Waals surface area contributed by atoms with Crippen molar-refractivity contribution < 1.29 is 0 Å². The molecule has 0 bridgehead atoms. The van der Waals surface area contributed by atoms with E-state index in [2.05, 4.69) is 64.5 Å². The molecule has 0 saturated heterocycles. The van der Waals surface area contributed by atoms with Gasteiger partial charge >= 0.3 is 0 Å². The van der Waals surface area contributed by atoms with Crippen molar-refractivity contribution in [3.63, 3.8) is 0 Å². The first-order chi connectivity index (χ1) is 8.99. The van der Waals surface area contributed by atoms with Gasteiger partial charge in [-0.3, -0.25) is 4.68 Å². The molecule has 0 amide bonds. The highest BCUT2D eigenvalue weighted by atomic mass is 79.9. The second kappa shape index (κ2) is 5.88. The topological polar surface area (TPSA) is 29.9 Å². The summed E-state index contributed by atoms with van der Waals surface area (Å²) in [4.78, 5) is 0. The Bertz CT molecular complexity index is 575. The van der Waals surface area contributed by atoms with Crippen LogP contribution in [-0.2, 0) is 13.6 Å².